The number of hydrogen-bond acceptors (Lipinski definition) is 3. The van der Waals surface area contributed by atoms with Gasteiger partial charge in [0, 0.05) is 0 Å². The van der Waals surface area contributed by atoms with Crippen molar-refractivity contribution in [3.05, 3.63) is 18.3 Å². The van der Waals surface area contributed by atoms with Gasteiger partial charge in [-0.25, -0.2) is 0 Å². The predicted molar refractivity (Wildman–Crippen MR) is 76.5 cm³/mol. The third kappa shape index (κ3) is 5.91. The summed E-state index contributed by atoms with van der Waals surface area (Å²) >= 11 is -2.14. The van der Waals surface area contributed by atoms with Gasteiger partial charge in [0.25, 0.3) is 0 Å². The van der Waals surface area contributed by atoms with Gasteiger partial charge in [-0.2, -0.15) is 0 Å². The first kappa shape index (κ1) is 15.7. The Morgan fingerprint density at radius 2 is 2.00 bits per heavy atom. The van der Waals surface area contributed by atoms with E-state index in [2.05, 4.69) is 30.4 Å². The summed E-state index contributed by atoms with van der Waals surface area (Å²) in [6.45, 7) is 0.102. The van der Waals surface area contributed by atoms with Crippen LogP contribution in [0.5, 0.6) is 0 Å². The van der Waals surface area contributed by atoms with E-state index in [9.17, 15) is 9.59 Å². The summed E-state index contributed by atoms with van der Waals surface area (Å²) in [4.78, 5) is 32.9. The van der Waals surface area contributed by atoms with E-state index in [0.29, 0.717) is 5.69 Å². The Morgan fingerprint density at radius 1 is 1.32 bits per heavy atom. The molecule has 1 heterocycles. The fraction of sp³-hybridized carbons (Fsp3) is 0.417. The Labute approximate surface area is 116 Å². The number of amides is 2. The zero-order valence-electron chi connectivity index (χ0n) is 11.4. The zero-order valence-corrected chi connectivity index (χ0v) is 14.2. The molecule has 0 unspecified atom stereocenters. The normalized spacial score (nSPS) is 10.9. The van der Waals surface area contributed by atoms with Crippen molar-refractivity contribution in [1.29, 1.82) is 0 Å². The van der Waals surface area contributed by atoms with E-state index in [1.165, 1.54) is 0 Å². The molecule has 0 spiro atoms. The van der Waals surface area contributed by atoms with Gasteiger partial charge in [0.1, 0.15) is 0 Å². The molecule has 0 atom stereocenters. The number of carboxylic acid groups (broad SMARTS) is 1. The number of carbonyl (C=O) groups excluding carboxylic acids is 1. The van der Waals surface area contributed by atoms with Crippen molar-refractivity contribution in [3.63, 3.8) is 0 Å². The maximum atomic E-state index is 11.5. The topological polar surface area (TPSA) is 91.3 Å². The SMILES string of the molecule is [CH3][Sn]([CH3])([CH3])[c]1ccc(NC(=O)CCNC(=O)O)cn1. The molecule has 6 nitrogen and oxygen atoms in total. The maximum absolute atomic E-state index is 11.5. The molecule has 1 aromatic heterocycles. The summed E-state index contributed by atoms with van der Waals surface area (Å²) in [5.74, 6) is -0.234. The first-order valence-electron chi connectivity index (χ1n) is 6.02. The van der Waals surface area contributed by atoms with Crippen LogP contribution in [0.2, 0.25) is 14.8 Å². The monoisotopic (exact) mass is 373 g/mol. The van der Waals surface area contributed by atoms with Crippen LogP contribution < -0.4 is 14.3 Å². The van der Waals surface area contributed by atoms with E-state index < -0.39 is 24.5 Å². The van der Waals surface area contributed by atoms with E-state index in [-0.39, 0.29) is 18.9 Å². The number of nitrogens with zero attached hydrogens (tertiary/aromatic N) is 1. The van der Waals surface area contributed by atoms with Crippen molar-refractivity contribution in [2.75, 3.05) is 11.9 Å². The van der Waals surface area contributed by atoms with E-state index >= 15 is 0 Å². The molecule has 2 amide bonds. The number of rotatable bonds is 5. The minimum absolute atomic E-state index is 0.102. The van der Waals surface area contributed by atoms with Crippen molar-refractivity contribution < 1.29 is 14.7 Å². The Morgan fingerprint density at radius 3 is 2.47 bits per heavy atom. The summed E-state index contributed by atoms with van der Waals surface area (Å²) in [5.41, 5.74) is 0.639. The van der Waals surface area contributed by atoms with E-state index in [1.807, 2.05) is 12.1 Å². The van der Waals surface area contributed by atoms with Gasteiger partial charge in [-0.15, -0.1) is 0 Å². The van der Waals surface area contributed by atoms with E-state index in [1.54, 1.807) is 6.20 Å². The number of pyridine rings is 1. The van der Waals surface area contributed by atoms with Crippen LogP contribution in [0.25, 0.3) is 0 Å². The van der Waals surface area contributed by atoms with Gasteiger partial charge >= 0.3 is 116 Å². The fourth-order valence-corrected chi connectivity index (χ4v) is 4.37. The molecule has 0 aliphatic rings. The molecule has 0 saturated heterocycles. The van der Waals surface area contributed by atoms with Crippen LogP contribution >= 0.6 is 0 Å². The molecule has 7 heteroatoms. The molecule has 1 aromatic rings. The molecule has 104 valence electrons. The second-order valence-electron chi connectivity index (χ2n) is 5.21. The molecule has 3 N–H and O–H groups in total. The summed E-state index contributed by atoms with van der Waals surface area (Å²) in [6.07, 6.45) is 0.628. The van der Waals surface area contributed by atoms with E-state index in [4.69, 9.17) is 5.11 Å². The Bertz CT molecular complexity index is 454. The molecule has 0 fully saturated rings. The molecule has 0 aliphatic carbocycles. The first-order chi connectivity index (χ1) is 8.79. The van der Waals surface area contributed by atoms with Gasteiger partial charge in [0.15, 0.2) is 0 Å². The zero-order chi connectivity index (χ0) is 14.5. The van der Waals surface area contributed by atoms with Crippen LogP contribution in [0.1, 0.15) is 6.42 Å². The second-order valence-corrected chi connectivity index (χ2v) is 19.5. The number of hydrogen-bond donors (Lipinski definition) is 3. The molecule has 0 aromatic carbocycles. The molecule has 0 radical (unpaired) electrons. The average molecular weight is 372 g/mol. The molecular weight excluding hydrogens is 353 g/mol. The molecule has 19 heavy (non-hydrogen) atoms. The second kappa shape index (κ2) is 6.74. The molecular formula is C12H19N3O3Sn. The Kier molecular flexibility index (Phi) is 5.58. The molecule has 0 bridgehead atoms. The van der Waals surface area contributed by atoms with Crippen LogP contribution in [-0.2, 0) is 4.79 Å². The molecule has 0 aliphatic heterocycles. The molecule has 1 rings (SSSR count). The van der Waals surface area contributed by atoms with Crippen molar-refractivity contribution in [2.24, 2.45) is 0 Å². The predicted octanol–water partition coefficient (Wildman–Crippen LogP) is 1.22. The van der Waals surface area contributed by atoms with Crippen LogP contribution in [0.15, 0.2) is 18.3 Å². The summed E-state index contributed by atoms with van der Waals surface area (Å²) in [5, 5.41) is 13.2. The number of anilines is 1. The van der Waals surface area contributed by atoms with Crippen LogP contribution in [0.4, 0.5) is 10.5 Å². The summed E-state index contributed by atoms with van der Waals surface area (Å²) in [7, 11) is 0. The fourth-order valence-electron chi connectivity index (χ4n) is 1.42. The van der Waals surface area contributed by atoms with Crippen molar-refractivity contribution in [1.82, 2.24) is 10.3 Å². The van der Waals surface area contributed by atoms with Crippen LogP contribution in [-0.4, -0.2) is 47.0 Å². The average Bonchev–Trinajstić information content (AvgIpc) is 2.27. The van der Waals surface area contributed by atoms with E-state index in [0.717, 1.165) is 3.71 Å². The number of nitrogens with one attached hydrogen (secondary N) is 2. The Balaban J connectivity index is 2.49. The first-order valence-corrected chi connectivity index (χ1v) is 16.0. The van der Waals surface area contributed by atoms with Crippen molar-refractivity contribution >= 4 is 39.8 Å². The van der Waals surface area contributed by atoms with Crippen molar-refractivity contribution in [2.45, 2.75) is 21.2 Å². The summed E-state index contributed by atoms with van der Waals surface area (Å²) in [6, 6.07) is 3.80. The van der Waals surface area contributed by atoms with Gasteiger partial charge in [-0.1, -0.05) is 0 Å². The van der Waals surface area contributed by atoms with Gasteiger partial charge in [-0.05, 0) is 0 Å². The quantitative estimate of drug-likeness (QED) is 0.678. The Hall–Kier alpha value is -1.31. The van der Waals surface area contributed by atoms with Gasteiger partial charge < -0.3 is 0 Å². The van der Waals surface area contributed by atoms with Crippen LogP contribution in [0.3, 0.4) is 0 Å². The third-order valence-corrected chi connectivity index (χ3v) is 7.67. The van der Waals surface area contributed by atoms with Gasteiger partial charge in [0.2, 0.25) is 0 Å². The number of carbonyl (C=O) groups is 2. The van der Waals surface area contributed by atoms with Crippen LogP contribution in [0, 0.1) is 0 Å². The van der Waals surface area contributed by atoms with Gasteiger partial charge in [0.05, 0.1) is 0 Å². The standard InChI is InChI=1S/C9H10N3O3.3CH3.Sn/c13-8(3-5-11-9(14)15)12-7-2-1-4-10-6-7;;;;/h1-2,6,11H,3,5H2,(H,12,13)(H,14,15);3*1H3;. The minimum atomic E-state index is -2.14. The van der Waals surface area contributed by atoms with Gasteiger partial charge in [-0.3, -0.25) is 0 Å². The molecule has 0 saturated carbocycles. The number of aromatic nitrogens is 1. The van der Waals surface area contributed by atoms with Crippen molar-refractivity contribution in [3.8, 4) is 0 Å². The third-order valence-electron chi connectivity index (χ3n) is 2.44. The summed E-state index contributed by atoms with van der Waals surface area (Å²) < 4.78 is 1.15.